The van der Waals surface area contributed by atoms with Gasteiger partial charge in [-0.15, -0.1) is 10.2 Å². The normalized spacial score (nSPS) is 13.1. The Kier molecular flexibility index (Phi) is 5.84. The second-order valence-electron chi connectivity index (χ2n) is 2.81. The van der Waals surface area contributed by atoms with E-state index < -0.39 is 0 Å². The Labute approximate surface area is 97.5 Å². The van der Waals surface area contributed by atoms with Gasteiger partial charge in [-0.1, -0.05) is 41.8 Å². The highest BCUT2D eigenvalue weighted by Crippen LogP contribution is 2.27. The summed E-state index contributed by atoms with van der Waals surface area (Å²) in [4.78, 5) is 0. The molecule has 1 N–H and O–H groups in total. The van der Waals surface area contributed by atoms with Crippen LogP contribution in [0.4, 0.5) is 0 Å². The summed E-state index contributed by atoms with van der Waals surface area (Å²) < 4.78 is 2.11. The lowest BCUT2D eigenvalue weighted by Gasteiger charge is -2.09. The summed E-state index contributed by atoms with van der Waals surface area (Å²) in [5.74, 6) is 1.05. The number of nitrogens with one attached hydrogen (secondary N) is 1. The molecule has 0 aliphatic rings. The first-order chi connectivity index (χ1) is 6.76. The summed E-state index contributed by atoms with van der Waals surface area (Å²) in [6.07, 6.45) is 2.02. The summed E-state index contributed by atoms with van der Waals surface area (Å²) in [5.41, 5.74) is 0. The van der Waals surface area contributed by atoms with Gasteiger partial charge in [-0.25, -0.2) is 0 Å². The number of rotatable bonds is 6. The van der Waals surface area contributed by atoms with Gasteiger partial charge in [0, 0.05) is 11.8 Å². The molecule has 1 aromatic rings. The van der Waals surface area contributed by atoms with E-state index in [2.05, 4.69) is 29.4 Å². The van der Waals surface area contributed by atoms with E-state index >= 15 is 0 Å². The minimum Gasteiger partial charge on any atom is -0.314 e. The van der Waals surface area contributed by atoms with Crippen LogP contribution in [0.15, 0.2) is 8.68 Å². The van der Waals surface area contributed by atoms with E-state index in [9.17, 15) is 0 Å². The van der Waals surface area contributed by atoms with Crippen LogP contribution in [0, 0.1) is 0 Å². The van der Waals surface area contributed by atoms with Crippen molar-refractivity contribution < 1.29 is 0 Å². The Morgan fingerprint density at radius 1 is 1.43 bits per heavy atom. The van der Waals surface area contributed by atoms with Crippen LogP contribution < -0.4 is 5.32 Å². The van der Waals surface area contributed by atoms with E-state index in [-0.39, 0.29) is 0 Å². The number of thioether (sulfide) groups is 2. The van der Waals surface area contributed by atoms with E-state index in [0.717, 1.165) is 21.0 Å². The molecule has 0 saturated carbocycles. The molecule has 0 spiro atoms. The molecule has 0 aromatic carbocycles. The van der Waals surface area contributed by atoms with Gasteiger partial charge in [0.05, 0.1) is 0 Å². The smallest absolute Gasteiger partial charge is 0.175 e. The van der Waals surface area contributed by atoms with Crippen molar-refractivity contribution >= 4 is 34.9 Å². The van der Waals surface area contributed by atoms with Gasteiger partial charge in [0.1, 0.15) is 0 Å². The molecule has 14 heavy (non-hydrogen) atoms. The van der Waals surface area contributed by atoms with Crippen LogP contribution >= 0.6 is 34.9 Å². The topological polar surface area (TPSA) is 37.8 Å². The molecule has 0 radical (unpaired) electrons. The van der Waals surface area contributed by atoms with Gasteiger partial charge in [0.2, 0.25) is 0 Å². The molecule has 80 valence electrons. The fraction of sp³-hybridized carbons (Fsp3) is 0.750. The Balaban J connectivity index is 2.30. The maximum Gasteiger partial charge on any atom is 0.175 e. The largest absolute Gasteiger partial charge is 0.314 e. The third-order valence-corrected chi connectivity index (χ3v) is 4.86. The highest BCUT2D eigenvalue weighted by molar-refractivity contribution is 8.03. The van der Waals surface area contributed by atoms with Crippen LogP contribution in [0.2, 0.25) is 0 Å². The Morgan fingerprint density at radius 2 is 2.14 bits per heavy atom. The van der Waals surface area contributed by atoms with E-state index in [4.69, 9.17) is 0 Å². The maximum absolute atomic E-state index is 4.10. The quantitative estimate of drug-likeness (QED) is 0.783. The number of aromatic nitrogens is 2. The van der Waals surface area contributed by atoms with Crippen molar-refractivity contribution in [3.8, 4) is 0 Å². The second-order valence-corrected chi connectivity index (χ2v) is 6.11. The zero-order valence-electron chi connectivity index (χ0n) is 8.61. The van der Waals surface area contributed by atoms with Crippen molar-refractivity contribution in [1.29, 1.82) is 0 Å². The molecule has 0 aliphatic carbocycles. The van der Waals surface area contributed by atoms with Crippen LogP contribution in [0.5, 0.6) is 0 Å². The fourth-order valence-electron chi connectivity index (χ4n) is 0.942. The van der Waals surface area contributed by atoms with Crippen molar-refractivity contribution in [2.75, 3.05) is 18.6 Å². The van der Waals surface area contributed by atoms with Gasteiger partial charge in [0.25, 0.3) is 0 Å². The number of hydrogen-bond acceptors (Lipinski definition) is 6. The summed E-state index contributed by atoms with van der Waals surface area (Å²) in [7, 11) is 0. The van der Waals surface area contributed by atoms with Crippen molar-refractivity contribution in [2.24, 2.45) is 0 Å². The van der Waals surface area contributed by atoms with Crippen molar-refractivity contribution in [1.82, 2.24) is 15.5 Å². The molecular formula is C8H15N3S3. The minimum atomic E-state index is 0.534. The van der Waals surface area contributed by atoms with Crippen molar-refractivity contribution in [2.45, 2.75) is 28.6 Å². The standard InChI is InChI=1S/C8H15N3S3/c1-4-9-6(2)5-13-8-11-10-7(12-3)14-8/h6,9H,4-5H2,1-3H3. The number of nitrogens with zero attached hydrogens (tertiary/aromatic N) is 2. The third-order valence-electron chi connectivity index (χ3n) is 1.57. The molecule has 0 fully saturated rings. The van der Waals surface area contributed by atoms with Crippen molar-refractivity contribution in [3.05, 3.63) is 0 Å². The van der Waals surface area contributed by atoms with Gasteiger partial charge in [-0.05, 0) is 19.7 Å². The first-order valence-electron chi connectivity index (χ1n) is 4.50. The molecule has 1 unspecified atom stereocenters. The van der Waals surface area contributed by atoms with Gasteiger partial charge in [0.15, 0.2) is 8.68 Å². The van der Waals surface area contributed by atoms with E-state index in [0.29, 0.717) is 6.04 Å². The average molecular weight is 249 g/mol. The van der Waals surface area contributed by atoms with Gasteiger partial charge in [-0.2, -0.15) is 0 Å². The molecular weight excluding hydrogens is 234 g/mol. The molecule has 0 aliphatic heterocycles. The fourth-order valence-corrected chi connectivity index (χ4v) is 3.39. The molecule has 0 bridgehead atoms. The summed E-state index contributed by atoms with van der Waals surface area (Å²) in [5, 5.41) is 11.5. The zero-order valence-corrected chi connectivity index (χ0v) is 11.1. The van der Waals surface area contributed by atoms with Crippen LogP contribution in [0.3, 0.4) is 0 Å². The summed E-state index contributed by atoms with van der Waals surface area (Å²) in [6.45, 7) is 5.33. The molecule has 1 heterocycles. The predicted octanol–water partition coefficient (Wildman–Crippen LogP) is 2.35. The maximum atomic E-state index is 4.10. The van der Waals surface area contributed by atoms with Gasteiger partial charge < -0.3 is 5.32 Å². The van der Waals surface area contributed by atoms with Crippen LogP contribution in [0.25, 0.3) is 0 Å². The molecule has 3 nitrogen and oxygen atoms in total. The minimum absolute atomic E-state index is 0.534. The SMILES string of the molecule is CCNC(C)CSc1nnc(SC)s1. The molecule has 1 atom stereocenters. The van der Waals surface area contributed by atoms with Crippen LogP contribution in [0.1, 0.15) is 13.8 Å². The summed E-state index contributed by atoms with van der Waals surface area (Å²) >= 11 is 5.09. The molecule has 1 aromatic heterocycles. The highest BCUT2D eigenvalue weighted by atomic mass is 32.2. The van der Waals surface area contributed by atoms with E-state index in [1.54, 1.807) is 34.9 Å². The van der Waals surface area contributed by atoms with Gasteiger partial charge in [-0.3, -0.25) is 0 Å². The molecule has 6 heteroatoms. The average Bonchev–Trinajstić information content (AvgIpc) is 2.63. The first-order valence-corrected chi connectivity index (χ1v) is 7.52. The lowest BCUT2D eigenvalue weighted by atomic mass is 10.4. The molecule has 0 amide bonds. The van der Waals surface area contributed by atoms with E-state index in [1.165, 1.54) is 0 Å². The van der Waals surface area contributed by atoms with Crippen molar-refractivity contribution in [3.63, 3.8) is 0 Å². The first kappa shape index (κ1) is 12.3. The Morgan fingerprint density at radius 3 is 2.71 bits per heavy atom. The molecule has 1 rings (SSSR count). The molecule has 0 saturated heterocycles. The monoisotopic (exact) mass is 249 g/mol. The Hall–Kier alpha value is 0.220. The van der Waals surface area contributed by atoms with Crippen LogP contribution in [-0.2, 0) is 0 Å². The van der Waals surface area contributed by atoms with Crippen LogP contribution in [-0.4, -0.2) is 34.8 Å². The van der Waals surface area contributed by atoms with Gasteiger partial charge >= 0.3 is 0 Å². The number of hydrogen-bond donors (Lipinski definition) is 1. The lowest BCUT2D eigenvalue weighted by Crippen LogP contribution is -2.27. The Bertz CT molecular complexity index is 264. The zero-order chi connectivity index (χ0) is 10.4. The highest BCUT2D eigenvalue weighted by Gasteiger charge is 2.06. The lowest BCUT2D eigenvalue weighted by molar-refractivity contribution is 0.620. The predicted molar refractivity (Wildman–Crippen MR) is 65.6 cm³/mol. The van der Waals surface area contributed by atoms with E-state index in [1.807, 2.05) is 6.26 Å². The summed E-state index contributed by atoms with van der Waals surface area (Å²) in [6, 6.07) is 0.534. The second kappa shape index (κ2) is 6.66. The third kappa shape index (κ3) is 4.16.